The van der Waals surface area contributed by atoms with Crippen LogP contribution < -0.4 is 0 Å². The molecule has 0 radical (unpaired) electrons. The average Bonchev–Trinajstić information content (AvgIpc) is 2.24. The van der Waals surface area contributed by atoms with E-state index in [1.165, 1.54) is 38.5 Å². The monoisotopic (exact) mass is 267 g/mol. The van der Waals surface area contributed by atoms with E-state index >= 15 is 0 Å². The van der Waals surface area contributed by atoms with Crippen molar-refractivity contribution in [3.63, 3.8) is 0 Å². The Morgan fingerprint density at radius 1 is 0.789 bits per heavy atom. The van der Waals surface area contributed by atoms with Crippen LogP contribution in [0.15, 0.2) is 0 Å². The van der Waals surface area contributed by atoms with Gasteiger partial charge in [0.15, 0.2) is 0 Å². The Balaban J connectivity index is 1.80. The van der Waals surface area contributed by atoms with Gasteiger partial charge in [-0.1, -0.05) is 5.23 Å². The highest BCUT2D eigenvalue weighted by Crippen LogP contribution is 2.58. The summed E-state index contributed by atoms with van der Waals surface area (Å²) in [6.45, 7) is 8.38. The molecule has 0 spiro atoms. The second-order valence-electron chi connectivity index (χ2n) is 7.71. The largest absolute Gasteiger partial charge is 0.271 e. The normalized spacial score (nSPS) is 40.9. The van der Waals surface area contributed by atoms with Crippen molar-refractivity contribution in [1.29, 1.82) is 0 Å². The summed E-state index contributed by atoms with van der Waals surface area (Å²) in [6, 6.07) is 0. The van der Waals surface area contributed by atoms with Gasteiger partial charge in [-0.15, -0.1) is 0 Å². The molecule has 0 aliphatic heterocycles. The lowest BCUT2D eigenvalue weighted by molar-refractivity contribution is -0.450. The predicted molar refractivity (Wildman–Crippen MR) is 75.2 cm³/mol. The van der Waals surface area contributed by atoms with E-state index in [1.54, 1.807) is 0 Å². The summed E-state index contributed by atoms with van der Waals surface area (Å²) < 4.78 is 0. The Morgan fingerprint density at radius 3 is 1.47 bits per heavy atom. The molecule has 4 saturated carbocycles. The molecule has 0 aromatic rings. The van der Waals surface area contributed by atoms with E-state index in [1.807, 2.05) is 5.23 Å². The first-order valence-electron chi connectivity index (χ1n) is 8.10. The molecule has 19 heavy (non-hydrogen) atoms. The molecular weight excluding hydrogens is 238 g/mol. The van der Waals surface area contributed by atoms with Crippen LogP contribution in [-0.2, 0) is 9.68 Å². The molecular formula is C16H29NO2. The van der Waals surface area contributed by atoms with Crippen LogP contribution in [0.1, 0.15) is 66.2 Å². The summed E-state index contributed by atoms with van der Waals surface area (Å²) in [5, 5.41) is 1.94. The molecule has 4 fully saturated rings. The summed E-state index contributed by atoms with van der Waals surface area (Å²) in [6.07, 6.45) is 8.57. The Kier molecular flexibility index (Phi) is 3.65. The summed E-state index contributed by atoms with van der Waals surface area (Å²) >= 11 is 0. The average molecular weight is 267 g/mol. The van der Waals surface area contributed by atoms with Crippen molar-refractivity contribution < 1.29 is 9.68 Å². The van der Waals surface area contributed by atoms with Crippen molar-refractivity contribution in [2.45, 2.75) is 84.0 Å². The fraction of sp³-hybridized carbons (Fsp3) is 1.00. The third-order valence-corrected chi connectivity index (χ3v) is 5.01. The molecule has 0 N–H and O–H groups in total. The van der Waals surface area contributed by atoms with E-state index < -0.39 is 0 Å². The highest BCUT2D eigenvalue weighted by Gasteiger charge is 2.55. The van der Waals surface area contributed by atoms with Crippen molar-refractivity contribution in [3.05, 3.63) is 0 Å². The van der Waals surface area contributed by atoms with Gasteiger partial charge in [0.1, 0.15) is 0 Å². The predicted octanol–water partition coefficient (Wildman–Crippen LogP) is 3.94. The van der Waals surface area contributed by atoms with Crippen LogP contribution in [0.5, 0.6) is 0 Å². The molecule has 0 heterocycles. The fourth-order valence-electron chi connectivity index (χ4n) is 4.92. The topological polar surface area (TPSA) is 21.7 Å². The first kappa shape index (κ1) is 13.8. The maximum absolute atomic E-state index is 6.06. The quantitative estimate of drug-likeness (QED) is 0.704. The van der Waals surface area contributed by atoms with Crippen LogP contribution >= 0.6 is 0 Å². The minimum Gasteiger partial charge on any atom is -0.271 e. The number of rotatable bonds is 5. The van der Waals surface area contributed by atoms with Crippen LogP contribution in [0.3, 0.4) is 0 Å². The van der Waals surface area contributed by atoms with Gasteiger partial charge in [-0.05, 0) is 84.0 Å². The zero-order chi connectivity index (χ0) is 13.6. The Bertz CT molecular complexity index is 281. The molecule has 0 atom stereocenters. The van der Waals surface area contributed by atoms with Crippen LogP contribution in [-0.4, -0.2) is 23.0 Å². The molecule has 4 aliphatic carbocycles. The SMILES string of the molecule is CC(C)ON(OC(C)C)C12CC3CC(CC(C3)C1)C2. The van der Waals surface area contributed by atoms with E-state index in [4.69, 9.17) is 9.68 Å². The second-order valence-corrected chi connectivity index (χ2v) is 7.71. The van der Waals surface area contributed by atoms with Gasteiger partial charge in [0.05, 0.1) is 17.7 Å². The lowest BCUT2D eigenvalue weighted by Crippen LogP contribution is -2.60. The van der Waals surface area contributed by atoms with Gasteiger partial charge in [0, 0.05) is 0 Å². The molecule has 0 saturated heterocycles. The van der Waals surface area contributed by atoms with E-state index in [2.05, 4.69) is 27.7 Å². The van der Waals surface area contributed by atoms with Crippen LogP contribution in [0, 0.1) is 17.8 Å². The van der Waals surface area contributed by atoms with Gasteiger partial charge < -0.3 is 0 Å². The summed E-state index contributed by atoms with van der Waals surface area (Å²) in [4.78, 5) is 12.1. The summed E-state index contributed by atoms with van der Waals surface area (Å²) in [5.74, 6) is 2.75. The van der Waals surface area contributed by atoms with Crippen molar-refractivity contribution in [3.8, 4) is 0 Å². The molecule has 4 aliphatic rings. The highest BCUT2D eigenvalue weighted by molar-refractivity contribution is 5.05. The molecule has 4 bridgehead atoms. The molecule has 3 heteroatoms. The van der Waals surface area contributed by atoms with Crippen LogP contribution in [0.25, 0.3) is 0 Å². The maximum atomic E-state index is 6.06. The third-order valence-electron chi connectivity index (χ3n) is 5.01. The Labute approximate surface area is 117 Å². The lowest BCUT2D eigenvalue weighted by Gasteiger charge is -2.59. The van der Waals surface area contributed by atoms with Crippen molar-refractivity contribution in [2.24, 2.45) is 17.8 Å². The van der Waals surface area contributed by atoms with Gasteiger partial charge in [0.2, 0.25) is 0 Å². The first-order valence-corrected chi connectivity index (χ1v) is 8.10. The zero-order valence-corrected chi connectivity index (χ0v) is 12.9. The van der Waals surface area contributed by atoms with E-state index in [9.17, 15) is 0 Å². The minimum atomic E-state index is 0.170. The van der Waals surface area contributed by atoms with Crippen molar-refractivity contribution in [1.82, 2.24) is 5.23 Å². The molecule has 0 amide bonds. The molecule has 110 valence electrons. The molecule has 0 unspecified atom stereocenters. The fourth-order valence-corrected chi connectivity index (χ4v) is 4.92. The smallest absolute Gasteiger partial charge is 0.0763 e. The van der Waals surface area contributed by atoms with Crippen LogP contribution in [0.2, 0.25) is 0 Å². The number of hydroxylamine groups is 2. The van der Waals surface area contributed by atoms with Crippen molar-refractivity contribution >= 4 is 0 Å². The van der Waals surface area contributed by atoms with Crippen molar-refractivity contribution in [2.75, 3.05) is 0 Å². The van der Waals surface area contributed by atoms with Gasteiger partial charge in [-0.2, -0.15) is 0 Å². The zero-order valence-electron chi connectivity index (χ0n) is 12.9. The van der Waals surface area contributed by atoms with E-state index in [0.29, 0.717) is 0 Å². The minimum absolute atomic E-state index is 0.170. The van der Waals surface area contributed by atoms with Gasteiger partial charge >= 0.3 is 0 Å². The maximum Gasteiger partial charge on any atom is 0.0763 e. The molecule has 3 nitrogen and oxygen atoms in total. The molecule has 0 aromatic heterocycles. The summed E-state index contributed by atoms with van der Waals surface area (Å²) in [7, 11) is 0. The highest BCUT2D eigenvalue weighted by atomic mass is 17.0. The standard InChI is InChI=1S/C16H29NO2/c1-11(2)18-17(19-12(3)4)16-8-13-5-14(9-16)7-15(6-13)10-16/h11-15H,5-10H2,1-4H3. The van der Waals surface area contributed by atoms with E-state index in [-0.39, 0.29) is 17.7 Å². The summed E-state index contributed by atoms with van der Waals surface area (Å²) in [5.41, 5.74) is 0.170. The second kappa shape index (κ2) is 5.01. The lowest BCUT2D eigenvalue weighted by atomic mass is 9.53. The molecule has 0 aromatic carbocycles. The van der Waals surface area contributed by atoms with Crippen LogP contribution in [0.4, 0.5) is 0 Å². The van der Waals surface area contributed by atoms with Gasteiger partial charge in [-0.25, -0.2) is 0 Å². The first-order chi connectivity index (χ1) is 8.97. The van der Waals surface area contributed by atoms with E-state index in [0.717, 1.165) is 17.8 Å². The molecule has 4 rings (SSSR count). The Hall–Kier alpha value is -0.120. The van der Waals surface area contributed by atoms with Gasteiger partial charge in [-0.3, -0.25) is 9.68 Å². The number of hydrogen-bond acceptors (Lipinski definition) is 3. The third kappa shape index (κ3) is 2.70. The number of hydrogen-bond donors (Lipinski definition) is 0. The Morgan fingerprint density at radius 2 is 1.16 bits per heavy atom. The van der Waals surface area contributed by atoms with Gasteiger partial charge in [0.25, 0.3) is 0 Å². The number of nitrogens with zero attached hydrogens (tertiary/aromatic N) is 1.